The van der Waals surface area contributed by atoms with E-state index in [1.165, 1.54) is 35.5 Å². The molecule has 40 nitrogen and oxygen atoms in total. The third kappa shape index (κ3) is 18.9. The number of primary amides is 1. The average molecular weight is 1390 g/mol. The Morgan fingerprint density at radius 3 is 1.75 bits per heavy atom. The number of nitrogens with two attached hydrogens (primary N) is 1. The molecule has 0 saturated carbocycles. The Balaban J connectivity index is 1.29. The molecule has 6 aliphatic heterocycles. The van der Waals surface area contributed by atoms with Gasteiger partial charge in [-0.2, -0.15) is 0 Å². The molecule has 0 aliphatic carbocycles. The highest BCUT2D eigenvalue weighted by atomic mass is 16.8. The van der Waals surface area contributed by atoms with Gasteiger partial charge in [-0.3, -0.25) is 52.7 Å². The number of aliphatic hydroxyl groups excluding tert-OH is 10. The second-order valence-corrected chi connectivity index (χ2v) is 24.7. The Hall–Kier alpha value is -7.00. The predicted octanol–water partition coefficient (Wildman–Crippen LogP) is -12.1. The summed E-state index contributed by atoms with van der Waals surface area (Å²) in [6.07, 6.45) is -29.2. The minimum Gasteiger partial charge on any atom is -0.477 e. The van der Waals surface area contributed by atoms with Crippen molar-refractivity contribution in [2.75, 3.05) is 52.6 Å². The molecule has 6 heterocycles. The van der Waals surface area contributed by atoms with Gasteiger partial charge in [-0.15, -0.1) is 0 Å². The number of nitrogens with zero attached hydrogens (tertiary/aromatic N) is 3. The van der Waals surface area contributed by atoms with Crippen LogP contribution in [0, 0.1) is 0 Å². The van der Waals surface area contributed by atoms with E-state index in [1.54, 1.807) is 0 Å². The topological polar surface area (TPSA) is 603 Å². The van der Waals surface area contributed by atoms with E-state index in [2.05, 4.69) is 37.2 Å². The summed E-state index contributed by atoms with van der Waals surface area (Å²) in [6, 6.07) is -13.3. The Morgan fingerprint density at radius 1 is 0.639 bits per heavy atom. The zero-order valence-electron chi connectivity index (χ0n) is 54.1. The van der Waals surface area contributed by atoms with Crippen molar-refractivity contribution >= 4 is 70.9 Å². The maximum absolute atomic E-state index is 14.8. The molecule has 6 fully saturated rings. The number of rotatable bonds is 29. The number of aliphatic carboxylic acids is 1. The second kappa shape index (κ2) is 34.7. The highest BCUT2D eigenvalue weighted by Gasteiger charge is 2.61. The van der Waals surface area contributed by atoms with Gasteiger partial charge >= 0.3 is 5.97 Å². The fourth-order valence-corrected chi connectivity index (χ4v) is 12.5. The lowest BCUT2D eigenvalue weighted by atomic mass is 9.88. The largest absolute Gasteiger partial charge is 0.477 e. The van der Waals surface area contributed by atoms with Gasteiger partial charge in [0.2, 0.25) is 65.0 Å². The number of amides is 11. The molecule has 11 amide bonds. The fourth-order valence-electron chi connectivity index (χ4n) is 12.5. The number of carbonyl (C=O) groups is 12. The number of carbonyl (C=O) groups excluding carboxylic acids is 11. The first-order valence-corrected chi connectivity index (χ1v) is 31.6. The molecule has 6 rings (SSSR count). The summed E-state index contributed by atoms with van der Waals surface area (Å²) >= 11 is 0. The molecule has 0 spiro atoms. The maximum Gasteiger partial charge on any atom is 0.364 e. The summed E-state index contributed by atoms with van der Waals surface area (Å²) in [7, 11) is 0. The summed E-state index contributed by atoms with van der Waals surface area (Å²) in [5.74, 6) is -14.8. The number of carboxylic acids is 1. The summed E-state index contributed by atoms with van der Waals surface area (Å²) in [5.41, 5.74) is 5.33. The normalized spacial score (nSPS) is 32.6. The van der Waals surface area contributed by atoms with Crippen LogP contribution in [0.1, 0.15) is 86.5 Å². The molecule has 13 unspecified atom stereocenters. The molecule has 97 heavy (non-hydrogen) atoms. The molecule has 0 aromatic rings. The van der Waals surface area contributed by atoms with Gasteiger partial charge < -0.3 is 142 Å². The molecule has 548 valence electrons. The van der Waals surface area contributed by atoms with Crippen LogP contribution in [0.25, 0.3) is 0 Å². The van der Waals surface area contributed by atoms with Crippen molar-refractivity contribution in [3.05, 3.63) is 0 Å². The Kier molecular flexibility index (Phi) is 28.2. The molecule has 24 atom stereocenters. The molecule has 6 aliphatic rings. The van der Waals surface area contributed by atoms with Crippen LogP contribution in [0.15, 0.2) is 0 Å². The molecule has 20 N–H and O–H groups in total. The van der Waals surface area contributed by atoms with Crippen molar-refractivity contribution in [1.82, 2.24) is 51.9 Å². The van der Waals surface area contributed by atoms with Crippen LogP contribution < -0.4 is 43.0 Å². The van der Waals surface area contributed by atoms with Crippen LogP contribution in [0.2, 0.25) is 0 Å². The Labute approximate surface area is 554 Å². The molecular weight excluding hydrogens is 1300 g/mol. The fraction of sp³-hybridized carbons (Fsp3) is 0.789. The van der Waals surface area contributed by atoms with E-state index in [4.69, 9.17) is 34.2 Å². The highest BCUT2D eigenvalue weighted by molar-refractivity contribution is 5.98. The van der Waals surface area contributed by atoms with Crippen molar-refractivity contribution in [3.8, 4) is 0 Å². The van der Waals surface area contributed by atoms with Crippen LogP contribution >= 0.6 is 0 Å². The number of ether oxygens (including phenoxy) is 6. The summed E-state index contributed by atoms with van der Waals surface area (Å²) in [6.45, 7) is 1.90. The molecule has 0 aromatic heterocycles. The number of hydrogen-bond donors (Lipinski definition) is 19. The van der Waals surface area contributed by atoms with Gasteiger partial charge in [-0.1, -0.05) is 0 Å². The smallest absolute Gasteiger partial charge is 0.364 e. The summed E-state index contributed by atoms with van der Waals surface area (Å²) in [5, 5.41) is 136. The number of likely N-dealkylation sites (tertiary alicyclic amines) is 3. The van der Waals surface area contributed by atoms with Crippen LogP contribution in [0.4, 0.5) is 0 Å². The lowest BCUT2D eigenvalue weighted by molar-refractivity contribution is -0.382. The number of nitrogens with one attached hydrogen (secondary N) is 7. The van der Waals surface area contributed by atoms with E-state index in [0.29, 0.717) is 19.3 Å². The first-order valence-electron chi connectivity index (χ1n) is 31.6. The molecule has 0 radical (unpaired) electrons. The molecule has 6 saturated heterocycles. The van der Waals surface area contributed by atoms with Crippen molar-refractivity contribution < 1.29 is 142 Å². The zero-order valence-corrected chi connectivity index (χ0v) is 54.1. The van der Waals surface area contributed by atoms with Crippen LogP contribution in [-0.2, 0) is 86.0 Å². The minimum atomic E-state index is -3.25. The van der Waals surface area contributed by atoms with Gasteiger partial charge in [0.1, 0.15) is 109 Å². The van der Waals surface area contributed by atoms with Crippen molar-refractivity contribution in [2.45, 2.75) is 232 Å². The lowest BCUT2D eigenvalue weighted by Crippen LogP contribution is -2.71. The van der Waals surface area contributed by atoms with Crippen LogP contribution in [-0.4, -0.2) is 340 Å². The van der Waals surface area contributed by atoms with E-state index >= 15 is 0 Å². The SMILES string of the molecule is CC(=O)NC1[C@H](OC(C)C(NC(=O)C(CO)NC(=O)CNC(=O)C2CCCN2C(C)=O)C(=O)NC(C)C(=O)N2CCCC2C(=O)N2CCCC2C(=O)NC(C)C(N)=O)OC(CO)[C@H](O)[C@@H]1O[C@@H]1OC(CO)[C@H](O)[C@H](O[C@]2(C(=O)O)C[C@H](O)[C@@H](NC(C)=O)C([C@H](O)[C@H](O)CO)O2)C1O. The van der Waals surface area contributed by atoms with Crippen molar-refractivity contribution in [1.29, 1.82) is 0 Å². The van der Waals surface area contributed by atoms with E-state index < -0.39 is 256 Å². The average Bonchev–Trinajstić information content (AvgIpc) is 1.49. The standard InChI is InChI=1S/C57H91N11O29/c1-22(47(58)83)60-50(86)30-11-8-14-67(30)53(89)31-12-9-15-68(31)52(88)23(2)61-51(87)37(65-48(84)28(18-69)64-36(78)17-59-49(85)29-10-7-13-66(29)27(6)75)24(3)92-54-39(63-26(5)74)44(41(80)34(20-71)93-54)95-55-43(82)46(42(81)35(21-72)94-55)97-57(56(90)91)16-32(76)38(62-25(4)73)45(96-57)40(79)33(77)19-70/h22-24,28-35,37-46,54-55,69-72,76-77,79-82H,7-21H2,1-6H3,(H2,58,83)(H,59,85)(H,60,86)(H,61,87)(H,62,73)(H,63,74)(H,64,78)(H,65,84)(H,90,91)/t22?,23?,24?,28?,29?,30?,31?,32-,33+,34?,35?,37?,38+,39?,40+,41-,42-,43?,44+,45?,46-,54+,55-,57-/m0/s1. The quantitative estimate of drug-likeness (QED) is 0.0331. The van der Waals surface area contributed by atoms with Gasteiger partial charge in [0, 0.05) is 46.8 Å². The molecule has 0 aromatic carbocycles. The van der Waals surface area contributed by atoms with Crippen molar-refractivity contribution in [3.63, 3.8) is 0 Å². The van der Waals surface area contributed by atoms with Gasteiger partial charge in [-0.05, 0) is 59.3 Å². The number of carboxylic acid groups (broad SMARTS) is 1. The third-order valence-corrected chi connectivity index (χ3v) is 17.6. The van der Waals surface area contributed by atoms with E-state index in [0.717, 1.165) is 20.8 Å². The zero-order chi connectivity index (χ0) is 72.2. The Bertz CT molecular complexity index is 2850. The van der Waals surface area contributed by atoms with Crippen LogP contribution in [0.5, 0.6) is 0 Å². The van der Waals surface area contributed by atoms with Gasteiger partial charge in [-0.25, -0.2) is 4.79 Å². The maximum atomic E-state index is 14.8. The van der Waals surface area contributed by atoms with E-state index in [1.807, 2.05) is 0 Å². The minimum absolute atomic E-state index is 0.0124. The third-order valence-electron chi connectivity index (χ3n) is 17.6. The highest BCUT2D eigenvalue weighted by Crippen LogP contribution is 2.39. The first-order chi connectivity index (χ1) is 45.6. The molecular formula is C57H91N11O29. The van der Waals surface area contributed by atoms with Gasteiger partial charge in [0.05, 0.1) is 51.2 Å². The van der Waals surface area contributed by atoms with Gasteiger partial charge in [0.25, 0.3) is 5.79 Å². The summed E-state index contributed by atoms with van der Waals surface area (Å²) < 4.78 is 35.4. The Morgan fingerprint density at radius 2 is 1.20 bits per heavy atom. The molecule has 40 heteroatoms. The summed E-state index contributed by atoms with van der Waals surface area (Å²) in [4.78, 5) is 163. The lowest BCUT2D eigenvalue weighted by Gasteiger charge is -2.51. The van der Waals surface area contributed by atoms with E-state index in [-0.39, 0.29) is 38.9 Å². The monoisotopic (exact) mass is 1390 g/mol. The van der Waals surface area contributed by atoms with Gasteiger partial charge in [0.15, 0.2) is 12.6 Å². The number of aliphatic hydroxyl groups is 10. The first kappa shape index (κ1) is 79.0. The molecule has 0 bridgehead atoms. The van der Waals surface area contributed by atoms with Crippen molar-refractivity contribution in [2.24, 2.45) is 5.73 Å². The van der Waals surface area contributed by atoms with E-state index in [9.17, 15) is 114 Å². The number of hydrogen-bond acceptors (Lipinski definition) is 28. The van der Waals surface area contributed by atoms with Crippen LogP contribution in [0.3, 0.4) is 0 Å². The predicted molar refractivity (Wildman–Crippen MR) is 318 cm³/mol. The second-order valence-electron chi connectivity index (χ2n) is 24.7.